The fourth-order valence-corrected chi connectivity index (χ4v) is 2.25. The molecule has 0 unspecified atom stereocenters. The average Bonchev–Trinajstić information content (AvgIpc) is 2.33. The summed E-state index contributed by atoms with van der Waals surface area (Å²) in [5.41, 5.74) is 1.30. The van der Waals surface area contributed by atoms with Crippen molar-refractivity contribution in [2.24, 2.45) is 0 Å². The Kier molecular flexibility index (Phi) is 3.92. The Morgan fingerprint density at radius 2 is 2.00 bits per heavy atom. The first kappa shape index (κ1) is 13.4. The maximum atomic E-state index is 12.8. The predicted octanol–water partition coefficient (Wildman–Crippen LogP) is 4.22. The van der Waals surface area contributed by atoms with E-state index in [2.05, 4.69) is 30.9 Å². The third-order valence-corrected chi connectivity index (χ3v) is 3.62. The molecule has 2 heterocycles. The number of hydrogen-bond donors (Lipinski definition) is 0. The Morgan fingerprint density at radius 3 is 2.56 bits per heavy atom. The minimum atomic E-state index is -0.397. The molecule has 94 valence electrons. The van der Waals surface area contributed by atoms with Crippen molar-refractivity contribution >= 4 is 27.5 Å². The van der Waals surface area contributed by atoms with Crippen LogP contribution in [0.5, 0.6) is 0 Å². The van der Waals surface area contributed by atoms with Gasteiger partial charge in [-0.25, -0.2) is 19.3 Å². The van der Waals surface area contributed by atoms with Gasteiger partial charge in [0.25, 0.3) is 0 Å². The average molecular weight is 331 g/mol. The highest BCUT2D eigenvalue weighted by Crippen LogP contribution is 2.30. The first-order valence-corrected chi connectivity index (χ1v) is 6.51. The molecule has 2 aromatic heterocycles. The van der Waals surface area contributed by atoms with Crippen LogP contribution in [0.2, 0.25) is 5.15 Å². The van der Waals surface area contributed by atoms with Crippen molar-refractivity contribution in [2.75, 3.05) is 0 Å². The zero-order valence-electron chi connectivity index (χ0n) is 9.78. The van der Waals surface area contributed by atoms with Crippen molar-refractivity contribution < 1.29 is 4.39 Å². The fourth-order valence-electron chi connectivity index (χ4n) is 1.44. The van der Waals surface area contributed by atoms with Crippen LogP contribution in [0.15, 0.2) is 22.8 Å². The standard InChI is InChI=1S/C12H10BrClFN3/c1-6(2)10-9(13)11(14)18-12(17-10)8-4-3-7(15)5-16-8/h3-6H,1-2H3. The second kappa shape index (κ2) is 5.28. The molecule has 0 fully saturated rings. The van der Waals surface area contributed by atoms with Gasteiger partial charge in [0, 0.05) is 0 Å². The number of pyridine rings is 1. The monoisotopic (exact) mass is 329 g/mol. The predicted molar refractivity (Wildman–Crippen MR) is 72.0 cm³/mol. The van der Waals surface area contributed by atoms with Crippen LogP contribution in [0.25, 0.3) is 11.5 Å². The van der Waals surface area contributed by atoms with E-state index in [4.69, 9.17) is 11.6 Å². The molecular weight excluding hydrogens is 321 g/mol. The van der Waals surface area contributed by atoms with Crippen molar-refractivity contribution in [3.05, 3.63) is 39.5 Å². The van der Waals surface area contributed by atoms with Gasteiger partial charge in [-0.1, -0.05) is 25.4 Å². The molecule has 0 saturated carbocycles. The number of hydrogen-bond acceptors (Lipinski definition) is 3. The molecule has 0 amide bonds. The highest BCUT2D eigenvalue weighted by atomic mass is 79.9. The van der Waals surface area contributed by atoms with Crippen LogP contribution >= 0.6 is 27.5 Å². The van der Waals surface area contributed by atoms with Crippen molar-refractivity contribution in [3.8, 4) is 11.5 Å². The van der Waals surface area contributed by atoms with Crippen molar-refractivity contribution in [1.29, 1.82) is 0 Å². The van der Waals surface area contributed by atoms with Gasteiger partial charge in [-0.15, -0.1) is 0 Å². The van der Waals surface area contributed by atoms with E-state index < -0.39 is 5.82 Å². The van der Waals surface area contributed by atoms with Gasteiger partial charge in [-0.3, -0.25) is 0 Å². The summed E-state index contributed by atoms with van der Waals surface area (Å²) in [5.74, 6) is 0.192. The Bertz CT molecular complexity index is 572. The van der Waals surface area contributed by atoms with Crippen LogP contribution in [0.1, 0.15) is 25.5 Å². The van der Waals surface area contributed by atoms with Crippen LogP contribution in [0, 0.1) is 5.82 Å². The molecule has 0 aliphatic carbocycles. The van der Waals surface area contributed by atoms with Gasteiger partial charge in [0.05, 0.1) is 16.4 Å². The quantitative estimate of drug-likeness (QED) is 0.774. The molecule has 0 saturated heterocycles. The molecule has 0 aliphatic rings. The lowest BCUT2D eigenvalue weighted by Crippen LogP contribution is -2.01. The normalized spacial score (nSPS) is 11.0. The molecule has 2 aromatic rings. The molecule has 0 aliphatic heterocycles. The smallest absolute Gasteiger partial charge is 0.179 e. The Morgan fingerprint density at radius 1 is 1.28 bits per heavy atom. The van der Waals surface area contributed by atoms with Crippen LogP contribution in [-0.2, 0) is 0 Å². The number of aromatic nitrogens is 3. The highest BCUT2D eigenvalue weighted by Gasteiger charge is 2.15. The van der Waals surface area contributed by atoms with E-state index in [1.165, 1.54) is 12.1 Å². The maximum Gasteiger partial charge on any atom is 0.179 e. The zero-order chi connectivity index (χ0) is 13.3. The minimum absolute atomic E-state index is 0.194. The molecule has 6 heteroatoms. The summed E-state index contributed by atoms with van der Waals surface area (Å²) in [6, 6.07) is 2.84. The zero-order valence-corrected chi connectivity index (χ0v) is 12.1. The third kappa shape index (κ3) is 2.67. The first-order chi connectivity index (χ1) is 8.49. The van der Waals surface area contributed by atoms with E-state index in [0.29, 0.717) is 21.1 Å². The summed E-state index contributed by atoms with van der Waals surface area (Å²) in [6.45, 7) is 4.01. The third-order valence-electron chi connectivity index (χ3n) is 2.34. The highest BCUT2D eigenvalue weighted by molar-refractivity contribution is 9.10. The summed E-state index contributed by atoms with van der Waals surface area (Å²) in [5, 5.41) is 0.329. The molecule has 0 radical (unpaired) electrons. The van der Waals surface area contributed by atoms with Gasteiger partial charge < -0.3 is 0 Å². The van der Waals surface area contributed by atoms with Gasteiger partial charge in [0.1, 0.15) is 16.7 Å². The molecular formula is C12H10BrClFN3. The van der Waals surface area contributed by atoms with Gasteiger partial charge in [-0.2, -0.15) is 0 Å². The number of rotatable bonds is 2. The molecule has 0 spiro atoms. The molecule has 0 bridgehead atoms. The molecule has 18 heavy (non-hydrogen) atoms. The molecule has 2 rings (SSSR count). The SMILES string of the molecule is CC(C)c1nc(-c2ccc(F)cn2)nc(Cl)c1Br. The Hall–Kier alpha value is -1.07. The van der Waals surface area contributed by atoms with E-state index in [0.717, 1.165) is 11.9 Å². The summed E-state index contributed by atoms with van der Waals surface area (Å²) < 4.78 is 13.5. The van der Waals surface area contributed by atoms with E-state index in [1.807, 2.05) is 13.8 Å². The van der Waals surface area contributed by atoms with E-state index in [-0.39, 0.29) is 5.92 Å². The number of halogens is 3. The van der Waals surface area contributed by atoms with Crippen LogP contribution < -0.4 is 0 Å². The summed E-state index contributed by atoms with van der Waals surface area (Å²) in [4.78, 5) is 12.5. The second-order valence-electron chi connectivity index (χ2n) is 4.05. The lowest BCUT2D eigenvalue weighted by molar-refractivity contribution is 0.621. The molecule has 0 aromatic carbocycles. The molecule has 0 atom stereocenters. The van der Waals surface area contributed by atoms with Gasteiger partial charge in [-0.05, 0) is 34.0 Å². The van der Waals surface area contributed by atoms with Crippen molar-refractivity contribution in [1.82, 2.24) is 15.0 Å². The molecule has 3 nitrogen and oxygen atoms in total. The fraction of sp³-hybridized carbons (Fsp3) is 0.250. The van der Waals surface area contributed by atoms with Crippen molar-refractivity contribution in [3.63, 3.8) is 0 Å². The van der Waals surface area contributed by atoms with Gasteiger partial charge >= 0.3 is 0 Å². The Labute approximate surface area is 118 Å². The number of nitrogens with zero attached hydrogens (tertiary/aromatic N) is 3. The maximum absolute atomic E-state index is 12.8. The minimum Gasteiger partial charge on any atom is -0.250 e. The summed E-state index contributed by atoms with van der Waals surface area (Å²) >= 11 is 9.41. The van der Waals surface area contributed by atoms with Crippen LogP contribution in [0.3, 0.4) is 0 Å². The van der Waals surface area contributed by atoms with Crippen molar-refractivity contribution in [2.45, 2.75) is 19.8 Å². The van der Waals surface area contributed by atoms with Gasteiger partial charge in [0.2, 0.25) is 0 Å². The summed E-state index contributed by atoms with van der Waals surface area (Å²) in [6.07, 6.45) is 1.13. The second-order valence-corrected chi connectivity index (χ2v) is 5.20. The van der Waals surface area contributed by atoms with Crippen LogP contribution in [0.4, 0.5) is 4.39 Å². The lowest BCUT2D eigenvalue weighted by atomic mass is 10.1. The van der Waals surface area contributed by atoms with Gasteiger partial charge in [0.15, 0.2) is 5.82 Å². The molecule has 0 N–H and O–H groups in total. The van der Waals surface area contributed by atoms with E-state index in [1.54, 1.807) is 0 Å². The van der Waals surface area contributed by atoms with Crippen LogP contribution in [-0.4, -0.2) is 15.0 Å². The largest absolute Gasteiger partial charge is 0.250 e. The van der Waals surface area contributed by atoms with E-state index >= 15 is 0 Å². The lowest BCUT2D eigenvalue weighted by Gasteiger charge is -2.10. The van der Waals surface area contributed by atoms with E-state index in [9.17, 15) is 4.39 Å². The Balaban J connectivity index is 2.55. The topological polar surface area (TPSA) is 38.7 Å². The first-order valence-electron chi connectivity index (χ1n) is 5.34. The summed E-state index contributed by atoms with van der Waals surface area (Å²) in [7, 11) is 0.